The molecule has 0 aliphatic heterocycles. The summed E-state index contributed by atoms with van der Waals surface area (Å²) in [6.45, 7) is 3.60. The molecule has 0 radical (unpaired) electrons. The Labute approximate surface area is 153 Å². The number of halogens is 1. The van der Waals surface area contributed by atoms with Crippen molar-refractivity contribution in [1.82, 2.24) is 9.97 Å². The molecule has 2 N–H and O–H groups in total. The number of anilines is 2. The van der Waals surface area contributed by atoms with Crippen LogP contribution in [0.5, 0.6) is 0 Å². The summed E-state index contributed by atoms with van der Waals surface area (Å²) in [5.41, 5.74) is 3.72. The molecular weight excluding hydrogens is 332 g/mol. The molecule has 25 heavy (non-hydrogen) atoms. The van der Waals surface area contributed by atoms with Crippen molar-refractivity contribution in [2.24, 2.45) is 0 Å². The molecule has 0 spiro atoms. The van der Waals surface area contributed by atoms with E-state index >= 15 is 0 Å². The first-order valence-corrected chi connectivity index (χ1v) is 8.68. The molecule has 128 valence electrons. The quantitative estimate of drug-likeness (QED) is 0.646. The number of aryl methyl sites for hydroxylation is 1. The van der Waals surface area contributed by atoms with E-state index in [1.165, 1.54) is 16.7 Å². The van der Waals surface area contributed by atoms with Crippen LogP contribution in [-0.4, -0.2) is 16.5 Å². The highest BCUT2D eigenvalue weighted by Gasteiger charge is 2.01. The monoisotopic (exact) mass is 352 g/mol. The predicted octanol–water partition coefficient (Wildman–Crippen LogP) is 4.71. The van der Waals surface area contributed by atoms with Crippen LogP contribution in [-0.2, 0) is 13.0 Å². The molecule has 4 nitrogen and oxygen atoms in total. The van der Waals surface area contributed by atoms with E-state index in [-0.39, 0.29) is 0 Å². The van der Waals surface area contributed by atoms with Gasteiger partial charge in [-0.25, -0.2) is 4.98 Å². The normalized spacial score (nSPS) is 10.5. The van der Waals surface area contributed by atoms with Gasteiger partial charge in [-0.1, -0.05) is 48.0 Å². The SMILES string of the molecule is Cc1ccccc1CNc1ccnc(NCCc2cccc(Cl)c2)n1. The van der Waals surface area contributed by atoms with Crippen LogP contribution in [0.15, 0.2) is 60.8 Å². The Morgan fingerprint density at radius 2 is 1.88 bits per heavy atom. The lowest BCUT2D eigenvalue weighted by Gasteiger charge is -2.10. The van der Waals surface area contributed by atoms with Gasteiger partial charge in [-0.3, -0.25) is 0 Å². The average molecular weight is 353 g/mol. The van der Waals surface area contributed by atoms with Crippen LogP contribution in [0.4, 0.5) is 11.8 Å². The van der Waals surface area contributed by atoms with Crippen molar-refractivity contribution in [2.75, 3.05) is 17.2 Å². The van der Waals surface area contributed by atoms with E-state index < -0.39 is 0 Å². The molecule has 0 aliphatic carbocycles. The third-order valence-electron chi connectivity index (χ3n) is 3.96. The van der Waals surface area contributed by atoms with Gasteiger partial charge in [-0.2, -0.15) is 4.98 Å². The molecule has 1 aromatic heterocycles. The van der Waals surface area contributed by atoms with Crippen molar-refractivity contribution < 1.29 is 0 Å². The number of nitrogens with zero attached hydrogens (tertiary/aromatic N) is 2. The summed E-state index contributed by atoms with van der Waals surface area (Å²) in [5, 5.41) is 7.37. The fraction of sp³-hybridized carbons (Fsp3) is 0.200. The highest BCUT2D eigenvalue weighted by atomic mass is 35.5. The molecule has 3 aromatic rings. The highest BCUT2D eigenvalue weighted by Crippen LogP contribution is 2.13. The zero-order chi connectivity index (χ0) is 17.5. The third-order valence-corrected chi connectivity index (χ3v) is 4.20. The second kappa shape index (κ2) is 8.49. The zero-order valence-electron chi connectivity index (χ0n) is 14.2. The van der Waals surface area contributed by atoms with Crippen LogP contribution in [0, 0.1) is 6.92 Å². The molecular formula is C20H21ClN4. The van der Waals surface area contributed by atoms with Crippen LogP contribution in [0.2, 0.25) is 5.02 Å². The van der Waals surface area contributed by atoms with E-state index in [0.29, 0.717) is 5.95 Å². The topological polar surface area (TPSA) is 49.8 Å². The van der Waals surface area contributed by atoms with Crippen LogP contribution in [0.1, 0.15) is 16.7 Å². The van der Waals surface area contributed by atoms with Gasteiger partial charge < -0.3 is 10.6 Å². The summed E-state index contributed by atoms with van der Waals surface area (Å²) in [4.78, 5) is 8.78. The summed E-state index contributed by atoms with van der Waals surface area (Å²) < 4.78 is 0. The molecule has 5 heteroatoms. The summed E-state index contributed by atoms with van der Waals surface area (Å²) in [6, 6.07) is 18.1. The molecule has 3 rings (SSSR count). The van der Waals surface area contributed by atoms with Crippen molar-refractivity contribution in [3.8, 4) is 0 Å². The Balaban J connectivity index is 1.53. The Bertz CT molecular complexity index is 835. The molecule has 1 heterocycles. The molecule has 0 atom stereocenters. The van der Waals surface area contributed by atoms with Crippen molar-refractivity contribution in [2.45, 2.75) is 19.9 Å². The van der Waals surface area contributed by atoms with Crippen LogP contribution in [0.25, 0.3) is 0 Å². The molecule has 0 saturated heterocycles. The summed E-state index contributed by atoms with van der Waals surface area (Å²) >= 11 is 6.00. The van der Waals surface area contributed by atoms with E-state index in [0.717, 1.165) is 30.4 Å². The van der Waals surface area contributed by atoms with E-state index in [1.807, 2.05) is 36.4 Å². The van der Waals surface area contributed by atoms with E-state index in [9.17, 15) is 0 Å². The number of nitrogens with one attached hydrogen (secondary N) is 2. The fourth-order valence-electron chi connectivity index (χ4n) is 2.55. The molecule has 0 fully saturated rings. The van der Waals surface area contributed by atoms with Gasteiger partial charge in [0.15, 0.2) is 0 Å². The minimum absolute atomic E-state index is 0.622. The lowest BCUT2D eigenvalue weighted by molar-refractivity contribution is 0.979. The Kier molecular flexibility index (Phi) is 5.86. The summed E-state index contributed by atoms with van der Waals surface area (Å²) in [6.07, 6.45) is 2.62. The van der Waals surface area contributed by atoms with E-state index in [1.54, 1.807) is 6.20 Å². The molecule has 0 aliphatic rings. The largest absolute Gasteiger partial charge is 0.366 e. The minimum Gasteiger partial charge on any atom is -0.366 e. The fourth-order valence-corrected chi connectivity index (χ4v) is 2.76. The Hall–Kier alpha value is -2.59. The highest BCUT2D eigenvalue weighted by molar-refractivity contribution is 6.30. The lowest BCUT2D eigenvalue weighted by atomic mass is 10.1. The average Bonchev–Trinajstić information content (AvgIpc) is 2.62. The van der Waals surface area contributed by atoms with Crippen molar-refractivity contribution in [3.05, 3.63) is 82.5 Å². The second-order valence-electron chi connectivity index (χ2n) is 5.85. The standard InChI is InChI=1S/C20H21ClN4/c1-15-5-2-3-7-17(15)14-24-19-10-12-23-20(25-19)22-11-9-16-6-4-8-18(21)13-16/h2-8,10,12-13H,9,11,14H2,1H3,(H2,22,23,24,25). The number of hydrogen-bond acceptors (Lipinski definition) is 4. The molecule has 0 amide bonds. The zero-order valence-corrected chi connectivity index (χ0v) is 14.9. The van der Waals surface area contributed by atoms with Gasteiger partial charge in [0, 0.05) is 24.3 Å². The Morgan fingerprint density at radius 3 is 2.72 bits per heavy atom. The first-order valence-electron chi connectivity index (χ1n) is 8.30. The second-order valence-corrected chi connectivity index (χ2v) is 6.29. The number of aromatic nitrogens is 2. The number of rotatable bonds is 7. The van der Waals surface area contributed by atoms with E-state index in [2.05, 4.69) is 45.7 Å². The van der Waals surface area contributed by atoms with Crippen LogP contribution >= 0.6 is 11.6 Å². The maximum absolute atomic E-state index is 6.00. The predicted molar refractivity (Wildman–Crippen MR) is 104 cm³/mol. The van der Waals surface area contributed by atoms with Gasteiger partial charge in [0.2, 0.25) is 5.95 Å². The molecule has 0 saturated carbocycles. The summed E-state index contributed by atoms with van der Waals surface area (Å²) in [7, 11) is 0. The third kappa shape index (κ3) is 5.19. The first-order chi connectivity index (χ1) is 12.2. The van der Waals surface area contributed by atoms with Gasteiger partial charge in [-0.05, 0) is 48.2 Å². The van der Waals surface area contributed by atoms with Crippen molar-refractivity contribution in [3.63, 3.8) is 0 Å². The lowest BCUT2D eigenvalue weighted by Crippen LogP contribution is -2.09. The minimum atomic E-state index is 0.622. The van der Waals surface area contributed by atoms with Gasteiger partial charge >= 0.3 is 0 Å². The van der Waals surface area contributed by atoms with Gasteiger partial charge in [0.05, 0.1) is 0 Å². The van der Waals surface area contributed by atoms with Gasteiger partial charge in [-0.15, -0.1) is 0 Å². The van der Waals surface area contributed by atoms with Gasteiger partial charge in [0.25, 0.3) is 0 Å². The van der Waals surface area contributed by atoms with Crippen LogP contribution in [0.3, 0.4) is 0 Å². The summed E-state index contributed by atoms with van der Waals surface area (Å²) in [5.74, 6) is 1.43. The van der Waals surface area contributed by atoms with Crippen LogP contribution < -0.4 is 10.6 Å². The van der Waals surface area contributed by atoms with Crippen molar-refractivity contribution >= 4 is 23.4 Å². The first kappa shape index (κ1) is 17.2. The Morgan fingerprint density at radius 1 is 1.00 bits per heavy atom. The maximum Gasteiger partial charge on any atom is 0.224 e. The number of benzene rings is 2. The van der Waals surface area contributed by atoms with Gasteiger partial charge in [0.1, 0.15) is 5.82 Å². The van der Waals surface area contributed by atoms with Crippen molar-refractivity contribution in [1.29, 1.82) is 0 Å². The number of hydrogen-bond donors (Lipinski definition) is 2. The molecule has 2 aromatic carbocycles. The maximum atomic E-state index is 6.00. The molecule has 0 bridgehead atoms. The van der Waals surface area contributed by atoms with E-state index in [4.69, 9.17) is 11.6 Å². The smallest absolute Gasteiger partial charge is 0.224 e. The molecule has 0 unspecified atom stereocenters.